The summed E-state index contributed by atoms with van der Waals surface area (Å²) in [5.41, 5.74) is 0. The molecule has 2 nitrogen and oxygen atoms in total. The van der Waals surface area contributed by atoms with Gasteiger partial charge in [-0.25, -0.2) is 0 Å². The van der Waals surface area contributed by atoms with E-state index >= 15 is 0 Å². The number of ketones is 1. The van der Waals surface area contributed by atoms with Crippen molar-refractivity contribution < 1.29 is 4.79 Å². The molecule has 1 aliphatic carbocycles. The average Bonchev–Trinajstić information content (AvgIpc) is 2.60. The number of nitrogens with zero attached hydrogens (tertiary/aromatic N) is 1. The second-order valence-corrected chi connectivity index (χ2v) is 4.48. The number of hydrogen-bond acceptors (Lipinski definition) is 2. The third-order valence-electron chi connectivity index (χ3n) is 3.36. The van der Waals surface area contributed by atoms with Crippen molar-refractivity contribution in [1.29, 1.82) is 0 Å². The summed E-state index contributed by atoms with van der Waals surface area (Å²) >= 11 is 0. The van der Waals surface area contributed by atoms with E-state index in [4.69, 9.17) is 0 Å². The Balaban J connectivity index is 2.48. The fourth-order valence-electron chi connectivity index (χ4n) is 2.19. The van der Waals surface area contributed by atoms with Crippen LogP contribution in [0.4, 0.5) is 0 Å². The fourth-order valence-corrected chi connectivity index (χ4v) is 2.19. The van der Waals surface area contributed by atoms with Crippen molar-refractivity contribution in [3.8, 4) is 0 Å². The summed E-state index contributed by atoms with van der Waals surface area (Å²) < 4.78 is 0. The number of carbonyl (C=O) groups is 1. The Morgan fingerprint density at radius 2 is 2.21 bits per heavy atom. The summed E-state index contributed by atoms with van der Waals surface area (Å²) in [4.78, 5) is 14.0. The largest absolute Gasteiger partial charge is 0.298 e. The normalized spacial score (nSPS) is 24.6. The highest BCUT2D eigenvalue weighted by molar-refractivity contribution is 5.85. The highest BCUT2D eigenvalue weighted by atomic mass is 16.1. The zero-order valence-corrected chi connectivity index (χ0v) is 9.75. The van der Waals surface area contributed by atoms with Gasteiger partial charge >= 0.3 is 0 Å². The van der Waals surface area contributed by atoms with E-state index < -0.39 is 0 Å². The van der Waals surface area contributed by atoms with E-state index in [0.717, 1.165) is 32.4 Å². The number of rotatable bonds is 5. The maximum absolute atomic E-state index is 11.6. The second-order valence-electron chi connectivity index (χ2n) is 4.48. The molecule has 0 bridgehead atoms. The van der Waals surface area contributed by atoms with Crippen molar-refractivity contribution >= 4 is 5.78 Å². The summed E-state index contributed by atoms with van der Waals surface area (Å²) in [6.07, 6.45) is 4.20. The van der Waals surface area contributed by atoms with Crippen LogP contribution in [0, 0.1) is 5.92 Å². The van der Waals surface area contributed by atoms with E-state index in [1.165, 1.54) is 6.42 Å². The van der Waals surface area contributed by atoms with Gasteiger partial charge in [-0.15, -0.1) is 0 Å². The van der Waals surface area contributed by atoms with E-state index in [1.807, 2.05) is 0 Å². The summed E-state index contributed by atoms with van der Waals surface area (Å²) in [5, 5.41) is 0. The lowest BCUT2D eigenvalue weighted by Gasteiger charge is -2.28. The van der Waals surface area contributed by atoms with Gasteiger partial charge < -0.3 is 0 Å². The van der Waals surface area contributed by atoms with Crippen molar-refractivity contribution in [2.24, 2.45) is 5.92 Å². The maximum atomic E-state index is 11.6. The molecule has 0 aromatic rings. The first kappa shape index (κ1) is 11.7. The van der Waals surface area contributed by atoms with Crippen LogP contribution in [0.15, 0.2) is 0 Å². The van der Waals surface area contributed by atoms with Crippen LogP contribution in [0.25, 0.3) is 0 Å². The Labute approximate surface area is 87.7 Å². The molecule has 0 heterocycles. The van der Waals surface area contributed by atoms with Crippen molar-refractivity contribution in [1.82, 2.24) is 4.90 Å². The van der Waals surface area contributed by atoms with Crippen molar-refractivity contribution in [2.75, 3.05) is 13.1 Å². The molecule has 82 valence electrons. The van der Waals surface area contributed by atoms with Gasteiger partial charge in [0.1, 0.15) is 5.78 Å². The molecule has 0 aliphatic heterocycles. The molecular weight excluding hydrogens is 174 g/mol. The van der Waals surface area contributed by atoms with E-state index in [2.05, 4.69) is 25.7 Å². The van der Waals surface area contributed by atoms with Crippen LogP contribution in [0.2, 0.25) is 0 Å². The SMILES string of the molecule is CCC(C)CN(CC)C1CCCC1=O. The van der Waals surface area contributed by atoms with E-state index in [9.17, 15) is 4.79 Å². The molecule has 0 aromatic carbocycles. The standard InChI is InChI=1S/C12H23NO/c1-4-10(3)9-13(5-2)11-7-6-8-12(11)14/h10-11H,4-9H2,1-3H3. The lowest BCUT2D eigenvalue weighted by Crippen LogP contribution is -2.40. The van der Waals surface area contributed by atoms with Crippen LogP contribution in [-0.2, 0) is 4.79 Å². The zero-order chi connectivity index (χ0) is 10.6. The van der Waals surface area contributed by atoms with Crippen molar-refractivity contribution in [2.45, 2.75) is 52.5 Å². The number of hydrogen-bond donors (Lipinski definition) is 0. The molecular formula is C12H23NO. The summed E-state index contributed by atoms with van der Waals surface area (Å²) in [5.74, 6) is 1.18. The van der Waals surface area contributed by atoms with Gasteiger partial charge in [-0.05, 0) is 25.3 Å². The van der Waals surface area contributed by atoms with Gasteiger partial charge in [0.05, 0.1) is 6.04 Å². The minimum absolute atomic E-state index is 0.244. The first-order valence-corrected chi connectivity index (χ1v) is 5.95. The predicted octanol–water partition coefficient (Wildman–Crippen LogP) is 2.48. The molecule has 1 aliphatic rings. The van der Waals surface area contributed by atoms with Gasteiger partial charge in [0, 0.05) is 13.0 Å². The van der Waals surface area contributed by atoms with Gasteiger partial charge in [0.15, 0.2) is 0 Å². The molecule has 0 N–H and O–H groups in total. The summed E-state index contributed by atoms with van der Waals surface area (Å²) in [6, 6.07) is 0.244. The Kier molecular flexibility index (Phi) is 4.59. The Bertz CT molecular complexity index is 191. The molecule has 1 fully saturated rings. The summed E-state index contributed by atoms with van der Waals surface area (Å²) in [7, 11) is 0. The molecule has 0 spiro atoms. The Morgan fingerprint density at radius 1 is 1.50 bits per heavy atom. The molecule has 0 aromatic heterocycles. The van der Waals surface area contributed by atoms with Gasteiger partial charge in [-0.3, -0.25) is 9.69 Å². The van der Waals surface area contributed by atoms with Crippen molar-refractivity contribution in [3.63, 3.8) is 0 Å². The van der Waals surface area contributed by atoms with Gasteiger partial charge in [0.25, 0.3) is 0 Å². The van der Waals surface area contributed by atoms with Crippen LogP contribution in [0.3, 0.4) is 0 Å². The van der Waals surface area contributed by atoms with Gasteiger partial charge in [-0.2, -0.15) is 0 Å². The highest BCUT2D eigenvalue weighted by Crippen LogP contribution is 2.21. The average molecular weight is 197 g/mol. The molecule has 2 heteroatoms. The number of Topliss-reactive ketones (excluding diaryl/α,β-unsaturated/α-hetero) is 1. The van der Waals surface area contributed by atoms with Crippen molar-refractivity contribution in [3.05, 3.63) is 0 Å². The minimum atomic E-state index is 0.244. The van der Waals surface area contributed by atoms with Crippen LogP contribution >= 0.6 is 0 Å². The monoisotopic (exact) mass is 197 g/mol. The third-order valence-corrected chi connectivity index (χ3v) is 3.36. The van der Waals surface area contributed by atoms with Crippen LogP contribution in [0.5, 0.6) is 0 Å². The zero-order valence-electron chi connectivity index (χ0n) is 9.75. The Morgan fingerprint density at radius 3 is 2.64 bits per heavy atom. The first-order valence-electron chi connectivity index (χ1n) is 5.95. The molecule has 0 saturated heterocycles. The van der Waals surface area contributed by atoms with E-state index in [0.29, 0.717) is 11.7 Å². The molecule has 1 saturated carbocycles. The second kappa shape index (κ2) is 5.50. The van der Waals surface area contributed by atoms with Gasteiger partial charge in [-0.1, -0.05) is 27.2 Å². The molecule has 0 radical (unpaired) electrons. The van der Waals surface area contributed by atoms with E-state index in [1.54, 1.807) is 0 Å². The molecule has 0 amide bonds. The minimum Gasteiger partial charge on any atom is -0.298 e. The number of carbonyl (C=O) groups excluding carboxylic acids is 1. The lowest BCUT2D eigenvalue weighted by atomic mass is 10.1. The van der Waals surface area contributed by atoms with Crippen LogP contribution < -0.4 is 0 Å². The van der Waals surface area contributed by atoms with Gasteiger partial charge in [0.2, 0.25) is 0 Å². The topological polar surface area (TPSA) is 20.3 Å². The molecule has 14 heavy (non-hydrogen) atoms. The third kappa shape index (κ3) is 2.81. The maximum Gasteiger partial charge on any atom is 0.149 e. The fraction of sp³-hybridized carbons (Fsp3) is 0.917. The molecule has 2 unspecified atom stereocenters. The smallest absolute Gasteiger partial charge is 0.149 e. The van der Waals surface area contributed by atoms with E-state index in [-0.39, 0.29) is 6.04 Å². The number of likely N-dealkylation sites (N-methyl/N-ethyl adjacent to an activating group) is 1. The lowest BCUT2D eigenvalue weighted by molar-refractivity contribution is -0.122. The van der Waals surface area contributed by atoms with Crippen LogP contribution in [0.1, 0.15) is 46.5 Å². The quantitative estimate of drug-likeness (QED) is 0.675. The molecule has 1 rings (SSSR count). The Hall–Kier alpha value is -0.370. The van der Waals surface area contributed by atoms with Crippen LogP contribution in [-0.4, -0.2) is 29.8 Å². The predicted molar refractivity (Wildman–Crippen MR) is 59.3 cm³/mol. The first-order chi connectivity index (χ1) is 6.69. The molecule has 2 atom stereocenters. The highest BCUT2D eigenvalue weighted by Gasteiger charge is 2.29. The summed E-state index contributed by atoms with van der Waals surface area (Å²) in [6.45, 7) is 8.75.